The Balaban J connectivity index is 1.36. The number of nitrogens with one attached hydrogen (secondary N) is 1. The van der Waals surface area contributed by atoms with Crippen LogP contribution in [0.1, 0.15) is 27.4 Å². The molecule has 41 heavy (non-hydrogen) atoms. The smallest absolute Gasteiger partial charge is 0.431 e. The lowest BCUT2D eigenvalue weighted by Gasteiger charge is -2.20. The van der Waals surface area contributed by atoms with Crippen LogP contribution in [0.4, 0.5) is 13.2 Å². The molecule has 0 bridgehead atoms. The van der Waals surface area contributed by atoms with Gasteiger partial charge >= 0.3 is 12.1 Å². The first-order valence-corrected chi connectivity index (χ1v) is 12.7. The van der Waals surface area contributed by atoms with Crippen LogP contribution in [0, 0.1) is 6.92 Å². The first kappa shape index (κ1) is 29.1. The minimum atomic E-state index is -4.96. The van der Waals surface area contributed by atoms with E-state index in [1.165, 1.54) is 24.3 Å². The summed E-state index contributed by atoms with van der Waals surface area (Å²) in [4.78, 5) is 28.7. The predicted octanol–water partition coefficient (Wildman–Crippen LogP) is 6.19. The molecule has 212 valence electrons. The molecular weight excluding hydrogens is 537 g/mol. The van der Waals surface area contributed by atoms with Gasteiger partial charge in [0.25, 0.3) is 0 Å². The molecule has 1 atom stereocenters. The van der Waals surface area contributed by atoms with Crippen LogP contribution >= 0.6 is 0 Å². The van der Waals surface area contributed by atoms with Gasteiger partial charge in [0.05, 0.1) is 12.3 Å². The molecule has 10 heteroatoms. The summed E-state index contributed by atoms with van der Waals surface area (Å²) in [6, 6.07) is 21.7. The van der Waals surface area contributed by atoms with Crippen molar-refractivity contribution in [2.24, 2.45) is 0 Å². The fourth-order valence-electron chi connectivity index (χ4n) is 4.00. The van der Waals surface area contributed by atoms with Crippen LogP contribution < -0.4 is 10.1 Å². The quantitative estimate of drug-likeness (QED) is 0.156. The molecule has 0 saturated heterocycles. The first-order chi connectivity index (χ1) is 19.6. The van der Waals surface area contributed by atoms with Crippen molar-refractivity contribution in [2.45, 2.75) is 32.0 Å². The second-order valence-corrected chi connectivity index (χ2v) is 9.16. The average Bonchev–Trinajstić information content (AvgIpc) is 3.33. The summed E-state index contributed by atoms with van der Waals surface area (Å²) >= 11 is 0. The molecule has 0 spiro atoms. The molecule has 0 amide bonds. The molecular formula is C31H27F3N2O5. The lowest BCUT2D eigenvalue weighted by atomic mass is 10.0. The van der Waals surface area contributed by atoms with E-state index in [0.29, 0.717) is 42.1 Å². The Morgan fingerprint density at radius 2 is 1.63 bits per heavy atom. The van der Waals surface area contributed by atoms with Crippen molar-refractivity contribution < 1.29 is 37.0 Å². The number of ether oxygens (including phenoxy) is 1. The standard InChI is InChI=1S/C31H27F3N2O5/c1-20-25(36-29(41-20)23-10-6-3-7-11-23)16-17-40-24-14-12-21(13-15-24)18-26(30(38)39)35-28(31(32,33)34)19-27(37)22-8-4-2-5-9-22/h2-15,19,26,35H,16-18H2,1H3,(H,38,39)/b28-19-/t26-/m0/s1. The minimum Gasteiger partial charge on any atom is -0.493 e. The summed E-state index contributed by atoms with van der Waals surface area (Å²) in [5.41, 5.74) is 0.711. The Kier molecular flexibility index (Phi) is 9.23. The number of ketones is 1. The van der Waals surface area contributed by atoms with Gasteiger partial charge in [0.2, 0.25) is 5.89 Å². The third-order valence-electron chi connectivity index (χ3n) is 6.15. The number of aromatic nitrogens is 1. The molecule has 0 aliphatic rings. The van der Waals surface area contributed by atoms with Gasteiger partial charge in [0.15, 0.2) is 5.78 Å². The second-order valence-electron chi connectivity index (χ2n) is 9.16. The first-order valence-electron chi connectivity index (χ1n) is 12.7. The van der Waals surface area contributed by atoms with E-state index in [0.717, 1.165) is 11.3 Å². The third kappa shape index (κ3) is 8.07. The highest BCUT2D eigenvalue weighted by molar-refractivity contribution is 6.05. The zero-order valence-corrected chi connectivity index (χ0v) is 22.0. The monoisotopic (exact) mass is 564 g/mol. The van der Waals surface area contributed by atoms with Crippen LogP contribution in [-0.4, -0.2) is 40.7 Å². The van der Waals surface area contributed by atoms with Gasteiger partial charge in [-0.1, -0.05) is 60.7 Å². The number of aliphatic carboxylic acids is 1. The molecule has 1 heterocycles. The highest BCUT2D eigenvalue weighted by Gasteiger charge is 2.37. The van der Waals surface area contributed by atoms with Gasteiger partial charge in [-0.05, 0) is 36.8 Å². The number of carboxylic acid groups (broad SMARTS) is 1. The lowest BCUT2D eigenvalue weighted by Crippen LogP contribution is -2.42. The van der Waals surface area contributed by atoms with E-state index in [1.807, 2.05) is 42.6 Å². The number of alkyl halides is 3. The maximum absolute atomic E-state index is 13.7. The molecule has 3 aromatic carbocycles. The van der Waals surface area contributed by atoms with Gasteiger partial charge in [-0.15, -0.1) is 0 Å². The number of benzene rings is 3. The van der Waals surface area contributed by atoms with E-state index in [-0.39, 0.29) is 12.0 Å². The maximum Gasteiger partial charge on any atom is 0.431 e. The predicted molar refractivity (Wildman–Crippen MR) is 145 cm³/mol. The molecule has 7 nitrogen and oxygen atoms in total. The Hall–Kier alpha value is -4.86. The van der Waals surface area contributed by atoms with Crippen molar-refractivity contribution in [3.63, 3.8) is 0 Å². The molecule has 4 aromatic rings. The highest BCUT2D eigenvalue weighted by atomic mass is 19.4. The zero-order valence-electron chi connectivity index (χ0n) is 22.0. The largest absolute Gasteiger partial charge is 0.493 e. The fourth-order valence-corrected chi connectivity index (χ4v) is 4.00. The number of hydrogen-bond donors (Lipinski definition) is 2. The minimum absolute atomic E-state index is 0.0499. The van der Waals surface area contributed by atoms with E-state index >= 15 is 0 Å². The van der Waals surface area contributed by atoms with Crippen LogP contribution in [0.15, 0.2) is 101 Å². The highest BCUT2D eigenvalue weighted by Crippen LogP contribution is 2.26. The maximum atomic E-state index is 13.7. The molecule has 4 rings (SSSR count). The van der Waals surface area contributed by atoms with Gasteiger partial charge in [-0.2, -0.15) is 13.2 Å². The molecule has 0 aliphatic carbocycles. The van der Waals surface area contributed by atoms with Gasteiger partial charge < -0.3 is 19.6 Å². The summed E-state index contributed by atoms with van der Waals surface area (Å²) in [5.74, 6) is -0.675. The van der Waals surface area contributed by atoms with Crippen LogP contribution in [0.5, 0.6) is 5.75 Å². The van der Waals surface area contributed by atoms with Gasteiger partial charge in [0.1, 0.15) is 23.2 Å². The van der Waals surface area contributed by atoms with Crippen LogP contribution in [0.2, 0.25) is 0 Å². The van der Waals surface area contributed by atoms with Gasteiger partial charge in [-0.25, -0.2) is 9.78 Å². The summed E-state index contributed by atoms with van der Waals surface area (Å²) in [7, 11) is 0. The van der Waals surface area contributed by atoms with E-state index in [9.17, 15) is 27.9 Å². The number of halogens is 3. The van der Waals surface area contributed by atoms with Crippen LogP contribution in [0.25, 0.3) is 11.5 Å². The number of aryl methyl sites for hydroxylation is 1. The van der Waals surface area contributed by atoms with Crippen molar-refractivity contribution >= 4 is 11.8 Å². The third-order valence-corrected chi connectivity index (χ3v) is 6.15. The van der Waals surface area contributed by atoms with E-state index in [2.05, 4.69) is 4.98 Å². The molecule has 0 radical (unpaired) electrons. The van der Waals surface area contributed by atoms with Crippen molar-refractivity contribution in [3.05, 3.63) is 119 Å². The number of allylic oxidation sites excluding steroid dienone is 2. The molecule has 0 fully saturated rings. The van der Waals surface area contributed by atoms with E-state index in [1.54, 1.807) is 30.3 Å². The zero-order chi connectivity index (χ0) is 29.4. The number of oxazole rings is 1. The number of nitrogens with zero attached hydrogens (tertiary/aromatic N) is 1. The normalized spacial score (nSPS) is 12.5. The number of hydrogen-bond acceptors (Lipinski definition) is 6. The van der Waals surface area contributed by atoms with E-state index < -0.39 is 29.7 Å². The topological polar surface area (TPSA) is 102 Å². The summed E-state index contributed by atoms with van der Waals surface area (Å²) in [6.45, 7) is 2.13. The number of carboxylic acids is 1. The Labute approximate surface area is 234 Å². The van der Waals surface area contributed by atoms with Crippen LogP contribution in [0.3, 0.4) is 0 Å². The average molecular weight is 565 g/mol. The molecule has 2 N–H and O–H groups in total. The lowest BCUT2D eigenvalue weighted by molar-refractivity contribution is -0.140. The van der Waals surface area contributed by atoms with Crippen molar-refractivity contribution in [1.82, 2.24) is 10.3 Å². The molecule has 0 unspecified atom stereocenters. The summed E-state index contributed by atoms with van der Waals surface area (Å²) < 4.78 is 52.5. The summed E-state index contributed by atoms with van der Waals surface area (Å²) in [5, 5.41) is 11.6. The van der Waals surface area contributed by atoms with Crippen molar-refractivity contribution in [3.8, 4) is 17.2 Å². The van der Waals surface area contributed by atoms with Crippen LogP contribution in [-0.2, 0) is 17.6 Å². The van der Waals surface area contributed by atoms with Crippen molar-refractivity contribution in [1.29, 1.82) is 0 Å². The Morgan fingerprint density at radius 1 is 1.00 bits per heavy atom. The van der Waals surface area contributed by atoms with Gasteiger partial charge in [0, 0.05) is 30.0 Å². The fraction of sp³-hybridized carbons (Fsp3) is 0.194. The van der Waals surface area contributed by atoms with Gasteiger partial charge in [-0.3, -0.25) is 4.79 Å². The molecule has 1 aromatic heterocycles. The molecule has 0 aliphatic heterocycles. The Bertz CT molecular complexity index is 1500. The number of carbonyl (C=O) groups is 2. The SMILES string of the molecule is Cc1oc(-c2ccccc2)nc1CCOc1ccc(C[C@H](N/C(=C\C(=O)c2ccccc2)C(F)(F)F)C(=O)O)cc1. The Morgan fingerprint density at radius 3 is 2.24 bits per heavy atom. The van der Waals surface area contributed by atoms with E-state index in [4.69, 9.17) is 9.15 Å². The molecule has 0 saturated carbocycles. The number of carbonyl (C=O) groups excluding carboxylic acids is 1. The second kappa shape index (κ2) is 13.0. The van der Waals surface area contributed by atoms with Crippen molar-refractivity contribution in [2.75, 3.05) is 6.61 Å². The number of rotatable bonds is 12. The summed E-state index contributed by atoms with van der Waals surface area (Å²) in [6.07, 6.45) is -4.35.